The fraction of sp³-hybridized carbons (Fsp3) is 0.679. The van der Waals surface area contributed by atoms with Crippen LogP contribution in [0.15, 0.2) is 24.4 Å². The highest BCUT2D eigenvalue weighted by molar-refractivity contribution is 5.91. The summed E-state index contributed by atoms with van der Waals surface area (Å²) in [5, 5.41) is 0. The lowest BCUT2D eigenvalue weighted by Gasteiger charge is -2.31. The molecule has 2 aliphatic rings. The van der Waals surface area contributed by atoms with E-state index in [0.29, 0.717) is 18.3 Å². The number of hydrogen-bond donors (Lipinski definition) is 1. The number of pyridine rings is 1. The lowest BCUT2D eigenvalue weighted by molar-refractivity contribution is -0.198. The maximum atomic E-state index is 13.2. The Balaban J connectivity index is 1.64. The van der Waals surface area contributed by atoms with Crippen molar-refractivity contribution in [2.75, 3.05) is 31.1 Å². The van der Waals surface area contributed by atoms with E-state index in [4.69, 9.17) is 14.3 Å². The van der Waals surface area contributed by atoms with Crippen LogP contribution in [0.4, 0.5) is 10.6 Å². The largest absolute Gasteiger partial charge is 0.443 e. The Morgan fingerprint density at radius 2 is 2.03 bits per heavy atom. The van der Waals surface area contributed by atoms with E-state index in [1.165, 1.54) is 6.08 Å². The zero-order valence-corrected chi connectivity index (χ0v) is 23.1. The molecule has 0 aromatic carbocycles. The van der Waals surface area contributed by atoms with Gasteiger partial charge in [-0.3, -0.25) is 9.69 Å². The first kappa shape index (κ1) is 29.1. The second kappa shape index (κ2) is 13.9. The summed E-state index contributed by atoms with van der Waals surface area (Å²) in [6.07, 6.45) is 9.88. The molecule has 0 spiro atoms. The van der Waals surface area contributed by atoms with E-state index < -0.39 is 11.9 Å². The van der Waals surface area contributed by atoms with Gasteiger partial charge < -0.3 is 14.4 Å². The zero-order valence-electron chi connectivity index (χ0n) is 23.1. The van der Waals surface area contributed by atoms with Crippen molar-refractivity contribution in [3.63, 3.8) is 0 Å². The van der Waals surface area contributed by atoms with Crippen LogP contribution < -0.4 is 10.4 Å². The van der Waals surface area contributed by atoms with E-state index in [1.807, 2.05) is 26.8 Å². The zero-order chi connectivity index (χ0) is 26.8. The third-order valence-corrected chi connectivity index (χ3v) is 6.75. The van der Waals surface area contributed by atoms with Crippen LogP contribution in [0.5, 0.6) is 0 Å². The minimum atomic E-state index is -0.607. The smallest absolute Gasteiger partial charge is 0.416 e. The van der Waals surface area contributed by atoms with E-state index in [9.17, 15) is 9.59 Å². The summed E-state index contributed by atoms with van der Waals surface area (Å²) in [5.41, 5.74) is 2.53. The first-order chi connectivity index (χ1) is 17.7. The van der Waals surface area contributed by atoms with E-state index in [1.54, 1.807) is 23.2 Å². The number of carbonyl (C=O) groups is 2. The van der Waals surface area contributed by atoms with E-state index in [0.717, 1.165) is 63.7 Å². The monoisotopic (exact) mass is 516 g/mol. The molecule has 9 heteroatoms. The molecule has 2 aliphatic heterocycles. The van der Waals surface area contributed by atoms with Gasteiger partial charge in [-0.2, -0.15) is 0 Å². The van der Waals surface area contributed by atoms with Gasteiger partial charge in [-0.15, -0.1) is 0 Å². The van der Waals surface area contributed by atoms with Crippen molar-refractivity contribution in [2.24, 2.45) is 5.92 Å². The topological polar surface area (TPSA) is 93.2 Å². The van der Waals surface area contributed by atoms with Crippen molar-refractivity contribution in [3.05, 3.63) is 30.0 Å². The van der Waals surface area contributed by atoms with Gasteiger partial charge in [-0.25, -0.2) is 20.1 Å². The molecule has 37 heavy (non-hydrogen) atoms. The van der Waals surface area contributed by atoms with Crippen LogP contribution in [0, 0.1) is 5.92 Å². The molecular weight excluding hydrogens is 472 g/mol. The number of hydroxylamine groups is 1. The molecule has 3 rings (SSSR count). The number of anilines is 1. The molecule has 1 unspecified atom stereocenters. The first-order valence-corrected chi connectivity index (χ1v) is 13.6. The summed E-state index contributed by atoms with van der Waals surface area (Å²) in [4.78, 5) is 39.3. The number of hydrogen-bond acceptors (Lipinski definition) is 7. The lowest BCUT2D eigenvalue weighted by atomic mass is 10.0. The number of rotatable bonds is 10. The Kier molecular flexibility index (Phi) is 10.9. The second-order valence-electron chi connectivity index (χ2n) is 10.9. The molecule has 0 saturated carbocycles. The maximum Gasteiger partial charge on any atom is 0.416 e. The lowest BCUT2D eigenvalue weighted by Crippen LogP contribution is -2.45. The third-order valence-electron chi connectivity index (χ3n) is 6.75. The van der Waals surface area contributed by atoms with Crippen molar-refractivity contribution in [3.8, 4) is 0 Å². The summed E-state index contributed by atoms with van der Waals surface area (Å²) < 4.78 is 11.2. The predicted molar refractivity (Wildman–Crippen MR) is 144 cm³/mol. The number of nitrogens with one attached hydrogen (secondary N) is 1. The van der Waals surface area contributed by atoms with Crippen LogP contribution >= 0.6 is 0 Å². The molecule has 1 aromatic rings. The minimum absolute atomic E-state index is 0.0111. The Morgan fingerprint density at radius 3 is 2.65 bits per heavy atom. The number of carbonyl (C=O) groups excluding carboxylic acids is 2. The van der Waals surface area contributed by atoms with Crippen molar-refractivity contribution in [1.29, 1.82) is 0 Å². The maximum absolute atomic E-state index is 13.2. The van der Waals surface area contributed by atoms with Crippen LogP contribution in [0.1, 0.15) is 78.7 Å². The average molecular weight is 517 g/mol. The average Bonchev–Trinajstić information content (AvgIpc) is 3.33. The summed E-state index contributed by atoms with van der Waals surface area (Å²) >= 11 is 0. The molecule has 2 atom stereocenters. The molecule has 3 heterocycles. The number of likely N-dealkylation sites (tertiary alicyclic amines) is 1. The van der Waals surface area contributed by atoms with Gasteiger partial charge in [0.1, 0.15) is 11.4 Å². The minimum Gasteiger partial charge on any atom is -0.443 e. The van der Waals surface area contributed by atoms with Gasteiger partial charge in [0, 0.05) is 44.9 Å². The van der Waals surface area contributed by atoms with Gasteiger partial charge >= 0.3 is 6.09 Å². The van der Waals surface area contributed by atoms with Crippen LogP contribution in [0.2, 0.25) is 0 Å². The van der Waals surface area contributed by atoms with Gasteiger partial charge in [0.05, 0.1) is 6.04 Å². The summed E-state index contributed by atoms with van der Waals surface area (Å²) in [6.45, 7) is 13.5. The Morgan fingerprint density at radius 1 is 1.24 bits per heavy atom. The quantitative estimate of drug-likeness (QED) is 0.348. The summed E-state index contributed by atoms with van der Waals surface area (Å²) in [6, 6.07) is 3.63. The van der Waals surface area contributed by atoms with E-state index in [-0.39, 0.29) is 18.0 Å². The number of ether oxygens (including phenoxy) is 2. The number of amides is 2. The van der Waals surface area contributed by atoms with Crippen molar-refractivity contribution < 1.29 is 23.9 Å². The van der Waals surface area contributed by atoms with Gasteiger partial charge in [-0.05, 0) is 69.7 Å². The van der Waals surface area contributed by atoms with E-state index in [2.05, 4.69) is 29.2 Å². The molecule has 9 nitrogen and oxygen atoms in total. The number of nitrogens with zero attached hydrogens (tertiary/aromatic N) is 3. The van der Waals surface area contributed by atoms with Crippen LogP contribution in [0.25, 0.3) is 6.08 Å². The molecule has 1 aromatic heterocycles. The molecule has 0 aliphatic carbocycles. The highest BCUT2D eigenvalue weighted by atomic mass is 16.8. The Hall–Kier alpha value is -2.49. The molecular formula is C28H44N4O5. The SMILES string of the molecule is CCC(CC)CN1CC[C@@H](N(C(=O)OC(C)(C)C)c2ccc(C=CC(=O)NOC3CCCCO3)cn2)C1. The molecule has 206 valence electrons. The second-order valence-corrected chi connectivity index (χ2v) is 10.9. The predicted octanol–water partition coefficient (Wildman–Crippen LogP) is 4.92. The normalized spacial score (nSPS) is 20.9. The van der Waals surface area contributed by atoms with Gasteiger partial charge in [0.15, 0.2) is 6.29 Å². The molecule has 2 fully saturated rings. The third kappa shape index (κ3) is 9.39. The van der Waals surface area contributed by atoms with Crippen molar-refractivity contribution >= 4 is 23.9 Å². The van der Waals surface area contributed by atoms with Crippen molar-refractivity contribution in [2.45, 2.75) is 91.1 Å². The van der Waals surface area contributed by atoms with Crippen LogP contribution in [-0.2, 0) is 19.1 Å². The molecule has 2 saturated heterocycles. The highest BCUT2D eigenvalue weighted by Crippen LogP contribution is 2.26. The van der Waals surface area contributed by atoms with Crippen LogP contribution in [-0.4, -0.2) is 66.1 Å². The molecule has 2 amide bonds. The standard InChI is InChI=1S/C28H44N4O5/c1-6-21(7-2)19-31-16-15-23(20-31)32(27(34)36-28(3,4)5)24-13-11-22(18-29-24)12-14-25(33)30-37-26-10-8-9-17-35-26/h11-14,18,21,23,26H,6-10,15-17,19-20H2,1-5H3,(H,30,33)/t23-,26?/m1/s1. The first-order valence-electron chi connectivity index (χ1n) is 13.6. The fourth-order valence-corrected chi connectivity index (χ4v) is 4.61. The van der Waals surface area contributed by atoms with Gasteiger partial charge in [0.2, 0.25) is 0 Å². The molecule has 1 N–H and O–H groups in total. The Labute approximate surface area is 221 Å². The van der Waals surface area contributed by atoms with Crippen molar-refractivity contribution in [1.82, 2.24) is 15.4 Å². The highest BCUT2D eigenvalue weighted by Gasteiger charge is 2.35. The number of aromatic nitrogens is 1. The fourth-order valence-electron chi connectivity index (χ4n) is 4.61. The molecule has 0 radical (unpaired) electrons. The molecule has 0 bridgehead atoms. The van der Waals surface area contributed by atoms with E-state index >= 15 is 0 Å². The van der Waals surface area contributed by atoms with Crippen LogP contribution in [0.3, 0.4) is 0 Å². The van der Waals surface area contributed by atoms with Gasteiger partial charge in [-0.1, -0.05) is 26.7 Å². The summed E-state index contributed by atoms with van der Waals surface area (Å²) in [7, 11) is 0. The van der Waals surface area contributed by atoms with Gasteiger partial charge in [0.25, 0.3) is 5.91 Å². The Bertz CT molecular complexity index is 889. The summed E-state index contributed by atoms with van der Waals surface area (Å²) in [5.74, 6) is 0.830.